The van der Waals surface area contributed by atoms with Crippen LogP contribution >= 0.6 is 0 Å². The highest BCUT2D eigenvalue weighted by Gasteiger charge is 2.53. The maximum absolute atomic E-state index is 12.9. The van der Waals surface area contributed by atoms with E-state index in [1.807, 2.05) is 6.92 Å². The molecule has 0 saturated carbocycles. The average Bonchev–Trinajstić information content (AvgIpc) is 3.23. The van der Waals surface area contributed by atoms with Crippen LogP contribution in [-0.4, -0.2) is 193 Å². The van der Waals surface area contributed by atoms with Crippen molar-refractivity contribution in [3.8, 4) is 0 Å². The number of hydrogen-bond donors (Lipinski definition) is 12. The second kappa shape index (κ2) is 27.6. The number of ether oxygens (including phenoxy) is 6. The Labute approximate surface area is 346 Å². The van der Waals surface area contributed by atoms with Crippen molar-refractivity contribution < 1.29 is 89.4 Å². The number of aliphatic hydroxyl groups excluding tert-OH is 11. The van der Waals surface area contributed by atoms with Gasteiger partial charge in [-0.25, -0.2) is 0 Å². The van der Waals surface area contributed by atoms with Crippen LogP contribution in [0.1, 0.15) is 104 Å². The summed E-state index contributed by atoms with van der Waals surface area (Å²) in [6, 6.07) is -0.880. The molecule has 0 aromatic heterocycles. The van der Waals surface area contributed by atoms with Crippen LogP contribution in [0.15, 0.2) is 12.2 Å². The number of unbranched alkanes of at least 4 members (excludes halogenated alkanes) is 9. The van der Waals surface area contributed by atoms with Crippen molar-refractivity contribution in [1.29, 1.82) is 0 Å². The molecule has 12 N–H and O–H groups in total. The molecule has 0 bridgehead atoms. The summed E-state index contributed by atoms with van der Waals surface area (Å²) in [6.07, 6.45) is -9.59. The van der Waals surface area contributed by atoms with Gasteiger partial charge in [0.15, 0.2) is 18.9 Å². The summed E-state index contributed by atoms with van der Waals surface area (Å²) in [5.74, 6) is -0.269. The molecule has 3 saturated heterocycles. The van der Waals surface area contributed by atoms with Gasteiger partial charge in [0.25, 0.3) is 0 Å². The van der Waals surface area contributed by atoms with E-state index in [0.717, 1.165) is 51.4 Å². The molecule has 3 rings (SSSR count). The van der Waals surface area contributed by atoms with Crippen LogP contribution in [0.25, 0.3) is 0 Å². The van der Waals surface area contributed by atoms with Gasteiger partial charge >= 0.3 is 0 Å². The van der Waals surface area contributed by atoms with Crippen molar-refractivity contribution in [3.05, 3.63) is 12.2 Å². The molecule has 59 heavy (non-hydrogen) atoms. The molecule has 346 valence electrons. The smallest absolute Gasteiger partial charge is 0.220 e. The fourth-order valence-corrected chi connectivity index (χ4v) is 7.35. The molecule has 0 aromatic carbocycles. The lowest BCUT2D eigenvalue weighted by Gasteiger charge is -2.48. The van der Waals surface area contributed by atoms with Crippen LogP contribution < -0.4 is 5.32 Å². The van der Waals surface area contributed by atoms with Crippen molar-refractivity contribution in [2.24, 2.45) is 0 Å². The number of rotatable bonds is 27. The predicted molar refractivity (Wildman–Crippen MR) is 208 cm³/mol. The summed E-state index contributed by atoms with van der Waals surface area (Å²) in [7, 11) is 0. The first-order valence-corrected chi connectivity index (χ1v) is 21.4. The predicted octanol–water partition coefficient (Wildman–Crippen LogP) is -1.65. The molecular formula is C40H73NO18. The zero-order chi connectivity index (χ0) is 43.5. The quantitative estimate of drug-likeness (QED) is 0.0326. The van der Waals surface area contributed by atoms with Crippen molar-refractivity contribution in [3.63, 3.8) is 0 Å². The lowest BCUT2D eigenvalue weighted by atomic mass is 9.96. The van der Waals surface area contributed by atoms with Gasteiger partial charge < -0.3 is 89.9 Å². The summed E-state index contributed by atoms with van der Waals surface area (Å²) >= 11 is 0. The van der Waals surface area contributed by atoms with Gasteiger partial charge in [-0.15, -0.1) is 0 Å². The number of carbonyl (C=O) groups is 1. The van der Waals surface area contributed by atoms with Crippen molar-refractivity contribution in [2.75, 3.05) is 26.4 Å². The average molecular weight is 856 g/mol. The Morgan fingerprint density at radius 1 is 0.593 bits per heavy atom. The molecule has 19 heteroatoms. The normalized spacial score (nSPS) is 36.5. The molecule has 1 amide bonds. The molecule has 3 aliphatic heterocycles. The van der Waals surface area contributed by atoms with Crippen molar-refractivity contribution in [1.82, 2.24) is 5.32 Å². The standard InChI is InChI=1S/C40H73NO18/c1-3-5-7-8-9-10-11-12-13-14-16-18-28(46)41-23(24(45)17-15-6-4-2)22-54-38-34(52)31(49)36(26(20-43)56-38)59-40-35(53)32(50)37(27(21-44)57-40)58-39-33(51)30(48)29(47)25(19-42)55-39/h8-9,23-27,29-40,42-45,47-53H,3-7,10-22H2,1-2H3,(H,41,46)/b9-8-. The topological polar surface area (TPSA) is 307 Å². The largest absolute Gasteiger partial charge is 0.394 e. The van der Waals surface area contributed by atoms with Gasteiger partial charge in [0, 0.05) is 6.42 Å². The van der Waals surface area contributed by atoms with E-state index in [2.05, 4.69) is 24.4 Å². The third kappa shape index (κ3) is 15.7. The number of amides is 1. The van der Waals surface area contributed by atoms with Gasteiger partial charge in [0.2, 0.25) is 5.91 Å². The molecule has 0 aliphatic carbocycles. The number of allylic oxidation sites excluding steroid dienone is 2. The van der Waals surface area contributed by atoms with E-state index in [1.165, 1.54) is 12.8 Å². The van der Waals surface area contributed by atoms with E-state index in [-0.39, 0.29) is 18.9 Å². The third-order valence-corrected chi connectivity index (χ3v) is 11.1. The van der Waals surface area contributed by atoms with E-state index in [1.54, 1.807) is 0 Å². The second-order valence-corrected chi connectivity index (χ2v) is 15.8. The van der Waals surface area contributed by atoms with E-state index < -0.39 is 124 Å². The molecular weight excluding hydrogens is 782 g/mol. The molecule has 17 unspecified atom stereocenters. The molecule has 3 aliphatic rings. The third-order valence-electron chi connectivity index (χ3n) is 11.1. The molecule has 3 heterocycles. The zero-order valence-corrected chi connectivity index (χ0v) is 34.5. The van der Waals surface area contributed by atoms with Gasteiger partial charge in [-0.1, -0.05) is 77.4 Å². The van der Waals surface area contributed by atoms with E-state index >= 15 is 0 Å². The van der Waals surface area contributed by atoms with E-state index in [9.17, 15) is 61.0 Å². The van der Waals surface area contributed by atoms with Gasteiger partial charge in [0.1, 0.15) is 73.2 Å². The number of carbonyl (C=O) groups excluding carboxylic acids is 1. The van der Waals surface area contributed by atoms with Crippen LogP contribution in [0, 0.1) is 0 Å². The summed E-state index contributed by atoms with van der Waals surface area (Å²) in [5, 5.41) is 118. The first-order chi connectivity index (χ1) is 28.3. The highest BCUT2D eigenvalue weighted by molar-refractivity contribution is 5.76. The molecule has 17 atom stereocenters. The van der Waals surface area contributed by atoms with Crippen LogP contribution in [-0.2, 0) is 33.2 Å². The number of nitrogens with one attached hydrogen (secondary N) is 1. The lowest BCUT2D eigenvalue weighted by molar-refractivity contribution is -0.379. The minimum absolute atomic E-state index is 0.253. The van der Waals surface area contributed by atoms with E-state index in [4.69, 9.17) is 28.4 Å². The van der Waals surface area contributed by atoms with Crippen molar-refractivity contribution in [2.45, 2.75) is 208 Å². The Kier molecular flexibility index (Phi) is 24.2. The highest BCUT2D eigenvalue weighted by Crippen LogP contribution is 2.33. The van der Waals surface area contributed by atoms with Gasteiger partial charge in [0.05, 0.1) is 38.6 Å². The Balaban J connectivity index is 1.56. The molecule has 3 fully saturated rings. The van der Waals surface area contributed by atoms with Gasteiger partial charge in [-0.2, -0.15) is 0 Å². The van der Waals surface area contributed by atoms with Crippen LogP contribution in [0.3, 0.4) is 0 Å². The Bertz CT molecular complexity index is 1170. The molecule has 0 spiro atoms. The Morgan fingerprint density at radius 2 is 1.08 bits per heavy atom. The van der Waals surface area contributed by atoms with E-state index in [0.29, 0.717) is 19.3 Å². The summed E-state index contributed by atoms with van der Waals surface area (Å²) < 4.78 is 33.8. The molecule has 19 nitrogen and oxygen atoms in total. The minimum atomic E-state index is -1.97. The van der Waals surface area contributed by atoms with Crippen LogP contribution in [0.5, 0.6) is 0 Å². The van der Waals surface area contributed by atoms with Crippen molar-refractivity contribution >= 4 is 5.91 Å². The second-order valence-electron chi connectivity index (χ2n) is 15.8. The first-order valence-electron chi connectivity index (χ1n) is 21.4. The summed E-state index contributed by atoms with van der Waals surface area (Å²) in [5.41, 5.74) is 0. The van der Waals surface area contributed by atoms with Crippen LogP contribution in [0.4, 0.5) is 0 Å². The molecule has 0 radical (unpaired) electrons. The fourth-order valence-electron chi connectivity index (χ4n) is 7.35. The monoisotopic (exact) mass is 855 g/mol. The highest BCUT2D eigenvalue weighted by atomic mass is 16.8. The van der Waals surface area contributed by atoms with Gasteiger partial charge in [-0.3, -0.25) is 4.79 Å². The van der Waals surface area contributed by atoms with Crippen LogP contribution in [0.2, 0.25) is 0 Å². The zero-order valence-electron chi connectivity index (χ0n) is 34.5. The Hall–Kier alpha value is -1.47. The minimum Gasteiger partial charge on any atom is -0.394 e. The summed E-state index contributed by atoms with van der Waals surface area (Å²) in [6.45, 7) is 1.48. The SMILES string of the molecule is CCCC/C=C\CCCCCCCC(=O)NC(COC1OC(CO)C(OC2OC(CO)C(OC3OC(CO)C(O)C(O)C3O)C(O)C2O)C(O)C1O)C(O)CCCCC. The number of aliphatic hydroxyl groups is 11. The fraction of sp³-hybridized carbons (Fsp3) is 0.925. The lowest BCUT2D eigenvalue weighted by Crippen LogP contribution is -2.66. The maximum atomic E-state index is 12.9. The Morgan fingerprint density at radius 3 is 1.66 bits per heavy atom. The first kappa shape index (κ1) is 51.9. The maximum Gasteiger partial charge on any atom is 0.220 e. The summed E-state index contributed by atoms with van der Waals surface area (Å²) in [4.78, 5) is 12.9. The van der Waals surface area contributed by atoms with Gasteiger partial charge in [-0.05, 0) is 32.1 Å². The molecule has 0 aromatic rings. The number of hydrogen-bond acceptors (Lipinski definition) is 18.